The molecule has 0 aromatic heterocycles. The maximum atomic E-state index is 5.47. The van der Waals surface area contributed by atoms with Crippen LogP contribution in [0, 0.1) is 5.92 Å². The van der Waals surface area contributed by atoms with Gasteiger partial charge in [-0.15, -0.1) is 0 Å². The molecular formula is C16H24N2O. The summed E-state index contributed by atoms with van der Waals surface area (Å²) in [4.78, 5) is 2.58. The summed E-state index contributed by atoms with van der Waals surface area (Å²) in [6.45, 7) is 7.42. The average Bonchev–Trinajstić information content (AvgIpc) is 2.60. The fraction of sp³-hybridized carbons (Fsp3) is 0.625. The van der Waals surface area contributed by atoms with E-state index in [2.05, 4.69) is 41.4 Å². The molecular weight excluding hydrogens is 236 g/mol. The Hall–Kier alpha value is -1.06. The summed E-state index contributed by atoms with van der Waals surface area (Å²) in [5.41, 5.74) is 2.85. The lowest BCUT2D eigenvalue weighted by atomic mass is 9.99. The molecule has 0 aliphatic carbocycles. The highest BCUT2D eigenvalue weighted by Gasteiger charge is 2.22. The lowest BCUT2D eigenvalue weighted by Crippen LogP contribution is -2.39. The van der Waals surface area contributed by atoms with E-state index < -0.39 is 0 Å². The highest BCUT2D eigenvalue weighted by Crippen LogP contribution is 2.26. The molecule has 1 aromatic rings. The molecule has 0 bridgehead atoms. The van der Waals surface area contributed by atoms with E-state index in [1.54, 1.807) is 0 Å². The fourth-order valence-corrected chi connectivity index (χ4v) is 3.16. The van der Waals surface area contributed by atoms with Gasteiger partial charge in [-0.25, -0.2) is 0 Å². The molecule has 1 unspecified atom stereocenters. The van der Waals surface area contributed by atoms with Crippen LogP contribution in [0.1, 0.15) is 25.3 Å². The van der Waals surface area contributed by atoms with Gasteiger partial charge in [-0.3, -0.25) is 0 Å². The molecule has 3 rings (SSSR count). The van der Waals surface area contributed by atoms with E-state index in [1.165, 1.54) is 30.6 Å². The zero-order valence-electron chi connectivity index (χ0n) is 11.8. The number of anilines is 1. The summed E-state index contributed by atoms with van der Waals surface area (Å²) >= 11 is 0. The molecule has 1 N–H and O–H groups in total. The Kier molecular flexibility index (Phi) is 4.04. The second kappa shape index (κ2) is 5.93. The summed E-state index contributed by atoms with van der Waals surface area (Å²) in [5, 5.41) is 3.60. The maximum Gasteiger partial charge on any atom is 0.0469 e. The number of hydrogen-bond acceptors (Lipinski definition) is 3. The molecule has 19 heavy (non-hydrogen) atoms. The Morgan fingerprint density at radius 2 is 2.05 bits per heavy atom. The van der Waals surface area contributed by atoms with E-state index in [0.29, 0.717) is 6.04 Å². The average molecular weight is 260 g/mol. The Morgan fingerprint density at radius 3 is 2.89 bits per heavy atom. The standard InChI is InChI=1S/C16H24N2O/c1-13-11-18(12-14-6-8-19-9-7-14)16-5-3-2-4-15(16)10-17-13/h2-5,13-14,17H,6-12H2,1H3. The number of rotatable bonds is 2. The van der Waals surface area contributed by atoms with Crippen LogP contribution in [0.2, 0.25) is 0 Å². The summed E-state index contributed by atoms with van der Waals surface area (Å²) < 4.78 is 5.47. The number of fused-ring (bicyclic) bond motifs is 1. The Labute approximate surface area is 115 Å². The highest BCUT2D eigenvalue weighted by atomic mass is 16.5. The first-order chi connectivity index (χ1) is 9.33. The van der Waals surface area contributed by atoms with Gasteiger partial charge in [0.15, 0.2) is 0 Å². The minimum atomic E-state index is 0.548. The van der Waals surface area contributed by atoms with Gasteiger partial charge in [0.25, 0.3) is 0 Å². The van der Waals surface area contributed by atoms with Crippen LogP contribution >= 0.6 is 0 Å². The normalized spacial score (nSPS) is 24.9. The van der Waals surface area contributed by atoms with Gasteiger partial charge in [-0.2, -0.15) is 0 Å². The Bertz CT molecular complexity index is 415. The SMILES string of the molecule is CC1CN(CC2CCOCC2)c2ccccc2CN1. The third-order valence-electron chi connectivity index (χ3n) is 4.29. The van der Waals surface area contributed by atoms with Gasteiger partial charge in [0.1, 0.15) is 0 Å². The van der Waals surface area contributed by atoms with E-state index in [1.807, 2.05) is 0 Å². The smallest absolute Gasteiger partial charge is 0.0469 e. The molecule has 2 aliphatic heterocycles. The van der Waals surface area contributed by atoms with Gasteiger partial charge < -0.3 is 15.0 Å². The van der Waals surface area contributed by atoms with Crippen LogP contribution in [-0.4, -0.2) is 32.3 Å². The van der Waals surface area contributed by atoms with Crippen LogP contribution in [0.15, 0.2) is 24.3 Å². The van der Waals surface area contributed by atoms with Gasteiger partial charge in [-0.05, 0) is 37.3 Å². The van der Waals surface area contributed by atoms with Crippen molar-refractivity contribution < 1.29 is 4.74 Å². The first-order valence-corrected chi connectivity index (χ1v) is 7.47. The minimum absolute atomic E-state index is 0.548. The molecule has 0 radical (unpaired) electrons. The molecule has 104 valence electrons. The van der Waals surface area contributed by atoms with Gasteiger partial charge >= 0.3 is 0 Å². The zero-order chi connectivity index (χ0) is 13.1. The first-order valence-electron chi connectivity index (χ1n) is 7.47. The molecule has 1 fully saturated rings. The van der Waals surface area contributed by atoms with Crippen molar-refractivity contribution in [2.45, 2.75) is 32.4 Å². The topological polar surface area (TPSA) is 24.5 Å². The molecule has 0 spiro atoms. The molecule has 1 saturated heterocycles. The van der Waals surface area contributed by atoms with Crippen molar-refractivity contribution in [3.63, 3.8) is 0 Å². The van der Waals surface area contributed by atoms with Gasteiger partial charge in [-0.1, -0.05) is 18.2 Å². The highest BCUT2D eigenvalue weighted by molar-refractivity contribution is 5.54. The van der Waals surface area contributed by atoms with Gasteiger partial charge in [0.2, 0.25) is 0 Å². The lowest BCUT2D eigenvalue weighted by Gasteiger charge is -2.32. The van der Waals surface area contributed by atoms with E-state index in [4.69, 9.17) is 4.74 Å². The molecule has 3 nitrogen and oxygen atoms in total. The van der Waals surface area contributed by atoms with Crippen molar-refractivity contribution in [3.8, 4) is 0 Å². The molecule has 2 heterocycles. The third kappa shape index (κ3) is 3.10. The number of nitrogens with zero attached hydrogens (tertiary/aromatic N) is 1. The summed E-state index contributed by atoms with van der Waals surface area (Å²) in [5.74, 6) is 0.784. The van der Waals surface area contributed by atoms with Crippen LogP contribution in [0.4, 0.5) is 5.69 Å². The number of benzene rings is 1. The van der Waals surface area contributed by atoms with E-state index in [0.717, 1.165) is 32.2 Å². The third-order valence-corrected chi connectivity index (χ3v) is 4.29. The Balaban J connectivity index is 1.77. The predicted octanol–water partition coefficient (Wildman–Crippen LogP) is 2.41. The largest absolute Gasteiger partial charge is 0.381 e. The predicted molar refractivity (Wildman–Crippen MR) is 78.5 cm³/mol. The van der Waals surface area contributed by atoms with Gasteiger partial charge in [0.05, 0.1) is 0 Å². The van der Waals surface area contributed by atoms with Crippen molar-refractivity contribution in [2.24, 2.45) is 5.92 Å². The summed E-state index contributed by atoms with van der Waals surface area (Å²) in [6, 6.07) is 9.37. The fourth-order valence-electron chi connectivity index (χ4n) is 3.16. The monoisotopic (exact) mass is 260 g/mol. The van der Waals surface area contributed by atoms with Crippen LogP contribution in [0.3, 0.4) is 0 Å². The van der Waals surface area contributed by atoms with Crippen molar-refractivity contribution in [3.05, 3.63) is 29.8 Å². The lowest BCUT2D eigenvalue weighted by molar-refractivity contribution is 0.0681. The van der Waals surface area contributed by atoms with Crippen molar-refractivity contribution in [1.29, 1.82) is 0 Å². The molecule has 3 heteroatoms. The summed E-state index contributed by atoms with van der Waals surface area (Å²) in [6.07, 6.45) is 2.42. The summed E-state index contributed by atoms with van der Waals surface area (Å²) in [7, 11) is 0. The van der Waals surface area contributed by atoms with Crippen LogP contribution < -0.4 is 10.2 Å². The van der Waals surface area contributed by atoms with E-state index in [9.17, 15) is 0 Å². The van der Waals surface area contributed by atoms with E-state index in [-0.39, 0.29) is 0 Å². The first kappa shape index (κ1) is 12.9. The maximum absolute atomic E-state index is 5.47. The second-order valence-corrected chi connectivity index (χ2v) is 5.87. The molecule has 1 atom stereocenters. The quantitative estimate of drug-likeness (QED) is 0.884. The molecule has 2 aliphatic rings. The zero-order valence-corrected chi connectivity index (χ0v) is 11.8. The van der Waals surface area contributed by atoms with E-state index >= 15 is 0 Å². The van der Waals surface area contributed by atoms with Gasteiger partial charge in [0, 0.05) is 44.6 Å². The number of para-hydroxylation sites is 1. The number of nitrogens with one attached hydrogen (secondary N) is 1. The molecule has 1 aromatic carbocycles. The Morgan fingerprint density at radius 1 is 1.26 bits per heavy atom. The van der Waals surface area contributed by atoms with Crippen molar-refractivity contribution in [1.82, 2.24) is 5.32 Å². The second-order valence-electron chi connectivity index (χ2n) is 5.87. The number of hydrogen-bond donors (Lipinski definition) is 1. The minimum Gasteiger partial charge on any atom is -0.381 e. The van der Waals surface area contributed by atoms with Crippen LogP contribution in [-0.2, 0) is 11.3 Å². The van der Waals surface area contributed by atoms with Crippen LogP contribution in [0.5, 0.6) is 0 Å². The number of ether oxygens (including phenoxy) is 1. The van der Waals surface area contributed by atoms with Crippen molar-refractivity contribution in [2.75, 3.05) is 31.2 Å². The van der Waals surface area contributed by atoms with Crippen LogP contribution in [0.25, 0.3) is 0 Å². The molecule has 0 amide bonds. The van der Waals surface area contributed by atoms with Crippen molar-refractivity contribution >= 4 is 5.69 Å². The molecule has 0 saturated carbocycles.